The smallest absolute Gasteiger partial charge is 0.318 e. The fourth-order valence-corrected chi connectivity index (χ4v) is 3.74. The molecular formula is C25H34FN3O2. The Kier molecular flexibility index (Phi) is 8.33. The molecule has 168 valence electrons. The summed E-state index contributed by atoms with van der Waals surface area (Å²) in [4.78, 5) is 17.3. The number of carbonyl (C=O) groups is 1. The molecule has 0 atom stereocenters. The Morgan fingerprint density at radius 3 is 2.61 bits per heavy atom. The molecule has 0 saturated carbocycles. The van der Waals surface area contributed by atoms with Gasteiger partial charge in [0.2, 0.25) is 0 Å². The van der Waals surface area contributed by atoms with Gasteiger partial charge in [0, 0.05) is 25.6 Å². The van der Waals surface area contributed by atoms with E-state index in [4.69, 9.17) is 4.74 Å². The van der Waals surface area contributed by atoms with Crippen molar-refractivity contribution in [1.82, 2.24) is 15.1 Å². The second-order valence-corrected chi connectivity index (χ2v) is 8.85. The summed E-state index contributed by atoms with van der Waals surface area (Å²) in [5, 5.41) is 3.07. The van der Waals surface area contributed by atoms with Crippen molar-refractivity contribution in [2.45, 2.75) is 45.7 Å². The zero-order valence-corrected chi connectivity index (χ0v) is 18.9. The molecule has 0 bridgehead atoms. The quantitative estimate of drug-likeness (QED) is 0.623. The van der Waals surface area contributed by atoms with Gasteiger partial charge in [0.25, 0.3) is 0 Å². The lowest BCUT2D eigenvalue weighted by Crippen LogP contribution is -2.50. The van der Waals surface area contributed by atoms with Gasteiger partial charge in [-0.2, -0.15) is 0 Å². The Labute approximate surface area is 185 Å². The predicted octanol–water partition coefficient (Wildman–Crippen LogP) is 4.47. The molecule has 5 nitrogen and oxygen atoms in total. The van der Waals surface area contributed by atoms with Crippen molar-refractivity contribution < 1.29 is 13.9 Å². The third-order valence-corrected chi connectivity index (χ3v) is 5.66. The van der Waals surface area contributed by atoms with Crippen LogP contribution in [0.15, 0.2) is 53.5 Å². The van der Waals surface area contributed by atoms with Gasteiger partial charge in [-0.15, -0.1) is 0 Å². The summed E-state index contributed by atoms with van der Waals surface area (Å²) in [6.45, 7) is 7.78. The SMILES string of the molecule is CC(C)COC1=C=CC(CNC(=O)N(Cc2ccc(F)cc2)C2CCN(C)CC2)=CC1. The molecule has 0 aromatic heterocycles. The Morgan fingerprint density at radius 1 is 1.29 bits per heavy atom. The Balaban J connectivity index is 1.60. The van der Waals surface area contributed by atoms with Crippen LogP contribution in [0.2, 0.25) is 0 Å². The molecule has 2 aliphatic rings. The standard InChI is InChI=1S/C25H34FN3O2/c1-19(2)18-31-24-10-6-20(7-11-24)16-27-25(30)29(23-12-14-28(3)15-13-23)17-21-4-8-22(26)9-5-21/h4-9,19,23H,10,12-18H2,1-3H3,(H,27,30). The zero-order chi connectivity index (χ0) is 22.2. The summed E-state index contributed by atoms with van der Waals surface area (Å²) in [6, 6.07) is 6.49. The normalized spacial score (nSPS) is 17.3. The highest BCUT2D eigenvalue weighted by Gasteiger charge is 2.27. The number of hydrogen-bond acceptors (Lipinski definition) is 3. The summed E-state index contributed by atoms with van der Waals surface area (Å²) in [5.74, 6) is 1.05. The zero-order valence-electron chi connectivity index (χ0n) is 18.9. The number of amides is 2. The number of rotatable bonds is 8. The number of halogens is 1. The van der Waals surface area contributed by atoms with Crippen LogP contribution in [0.5, 0.6) is 0 Å². The van der Waals surface area contributed by atoms with Crippen molar-refractivity contribution in [3.63, 3.8) is 0 Å². The monoisotopic (exact) mass is 427 g/mol. The second kappa shape index (κ2) is 11.2. The summed E-state index contributed by atoms with van der Waals surface area (Å²) in [7, 11) is 2.11. The van der Waals surface area contributed by atoms with E-state index in [0.717, 1.165) is 42.8 Å². The molecule has 1 N–H and O–H groups in total. The van der Waals surface area contributed by atoms with Gasteiger partial charge in [-0.25, -0.2) is 9.18 Å². The van der Waals surface area contributed by atoms with Crippen LogP contribution in [0.4, 0.5) is 9.18 Å². The van der Waals surface area contributed by atoms with Crippen LogP contribution in [0, 0.1) is 11.7 Å². The molecule has 0 radical (unpaired) electrons. The molecule has 1 fully saturated rings. The second-order valence-electron chi connectivity index (χ2n) is 8.85. The van der Waals surface area contributed by atoms with Gasteiger partial charge in [-0.1, -0.05) is 37.8 Å². The molecule has 2 amide bonds. The number of urea groups is 1. The van der Waals surface area contributed by atoms with Crippen LogP contribution in [0.3, 0.4) is 0 Å². The maximum absolute atomic E-state index is 13.3. The number of likely N-dealkylation sites (tertiary alicyclic amines) is 1. The van der Waals surface area contributed by atoms with Gasteiger partial charge in [-0.3, -0.25) is 0 Å². The van der Waals surface area contributed by atoms with Crippen molar-refractivity contribution in [2.75, 3.05) is 33.3 Å². The fourth-order valence-electron chi connectivity index (χ4n) is 3.74. The first-order chi connectivity index (χ1) is 14.9. The highest BCUT2D eigenvalue weighted by atomic mass is 19.1. The lowest BCUT2D eigenvalue weighted by Gasteiger charge is -2.37. The average molecular weight is 428 g/mol. The molecule has 3 rings (SSSR count). The average Bonchev–Trinajstić information content (AvgIpc) is 2.77. The lowest BCUT2D eigenvalue weighted by atomic mass is 10.0. The molecule has 6 heteroatoms. The number of nitrogens with zero attached hydrogens (tertiary/aromatic N) is 2. The number of ether oxygens (including phenoxy) is 1. The van der Waals surface area contributed by atoms with Crippen molar-refractivity contribution >= 4 is 6.03 Å². The Bertz CT molecular complexity index is 833. The summed E-state index contributed by atoms with van der Waals surface area (Å²) < 4.78 is 19.0. The molecule has 1 aliphatic heterocycles. The molecular weight excluding hydrogens is 393 g/mol. The number of benzene rings is 1. The molecule has 1 heterocycles. The Morgan fingerprint density at radius 2 is 2.00 bits per heavy atom. The Hall–Kier alpha value is -2.56. The molecule has 0 unspecified atom stereocenters. The first kappa shape index (κ1) is 23.1. The van der Waals surface area contributed by atoms with E-state index in [2.05, 4.69) is 42.9 Å². The molecule has 1 aliphatic carbocycles. The topological polar surface area (TPSA) is 44.8 Å². The number of hydrogen-bond donors (Lipinski definition) is 1. The van der Waals surface area contributed by atoms with E-state index >= 15 is 0 Å². The number of nitrogens with one attached hydrogen (secondary N) is 1. The molecule has 0 spiro atoms. The molecule has 1 aromatic rings. The van der Waals surface area contributed by atoms with Crippen molar-refractivity contribution in [3.05, 3.63) is 64.9 Å². The van der Waals surface area contributed by atoms with Gasteiger partial charge >= 0.3 is 6.03 Å². The van der Waals surface area contributed by atoms with Crippen LogP contribution in [-0.4, -0.2) is 55.2 Å². The highest BCUT2D eigenvalue weighted by Crippen LogP contribution is 2.19. The van der Waals surface area contributed by atoms with E-state index < -0.39 is 0 Å². The van der Waals surface area contributed by atoms with Gasteiger partial charge in [0.1, 0.15) is 11.6 Å². The van der Waals surface area contributed by atoms with Crippen molar-refractivity contribution in [2.24, 2.45) is 5.92 Å². The summed E-state index contributed by atoms with van der Waals surface area (Å²) in [6.07, 6.45) is 6.54. The summed E-state index contributed by atoms with van der Waals surface area (Å²) in [5.41, 5.74) is 5.14. The van der Waals surface area contributed by atoms with E-state index in [1.807, 2.05) is 11.0 Å². The van der Waals surface area contributed by atoms with E-state index in [9.17, 15) is 9.18 Å². The lowest BCUT2D eigenvalue weighted by molar-refractivity contribution is 0.127. The minimum absolute atomic E-state index is 0.0842. The third-order valence-electron chi connectivity index (χ3n) is 5.66. The van der Waals surface area contributed by atoms with E-state index in [-0.39, 0.29) is 17.9 Å². The fraction of sp³-hybridized carbons (Fsp3) is 0.520. The van der Waals surface area contributed by atoms with Crippen LogP contribution in [-0.2, 0) is 11.3 Å². The predicted molar refractivity (Wildman–Crippen MR) is 121 cm³/mol. The maximum Gasteiger partial charge on any atom is 0.318 e. The van der Waals surface area contributed by atoms with Gasteiger partial charge in [0.15, 0.2) is 0 Å². The first-order valence-corrected chi connectivity index (χ1v) is 11.2. The van der Waals surface area contributed by atoms with Crippen LogP contribution >= 0.6 is 0 Å². The van der Waals surface area contributed by atoms with E-state index in [1.165, 1.54) is 12.1 Å². The van der Waals surface area contributed by atoms with Crippen LogP contribution in [0.25, 0.3) is 0 Å². The highest BCUT2D eigenvalue weighted by molar-refractivity contribution is 5.75. The summed E-state index contributed by atoms with van der Waals surface area (Å²) >= 11 is 0. The number of piperidine rings is 1. The van der Waals surface area contributed by atoms with Crippen molar-refractivity contribution in [1.29, 1.82) is 0 Å². The largest absolute Gasteiger partial charge is 0.489 e. The van der Waals surface area contributed by atoms with Gasteiger partial charge in [-0.05, 0) is 68.2 Å². The van der Waals surface area contributed by atoms with Crippen molar-refractivity contribution in [3.8, 4) is 0 Å². The molecule has 31 heavy (non-hydrogen) atoms. The molecule has 1 saturated heterocycles. The van der Waals surface area contributed by atoms with E-state index in [0.29, 0.717) is 32.0 Å². The van der Waals surface area contributed by atoms with Gasteiger partial charge in [0.05, 0.1) is 6.61 Å². The first-order valence-electron chi connectivity index (χ1n) is 11.2. The molecule has 1 aromatic carbocycles. The van der Waals surface area contributed by atoms with E-state index in [1.54, 1.807) is 12.1 Å². The number of carbonyl (C=O) groups excluding carboxylic acids is 1. The maximum atomic E-state index is 13.3. The van der Waals surface area contributed by atoms with Gasteiger partial charge < -0.3 is 19.9 Å². The minimum atomic E-state index is -0.264. The van der Waals surface area contributed by atoms with Crippen LogP contribution < -0.4 is 5.32 Å². The van der Waals surface area contributed by atoms with Crippen LogP contribution in [0.1, 0.15) is 38.7 Å². The minimum Gasteiger partial charge on any atom is -0.489 e. The third kappa shape index (κ3) is 7.27.